The van der Waals surface area contributed by atoms with E-state index in [1.807, 2.05) is 6.07 Å². The number of nitrogens with zero attached hydrogens (tertiary/aromatic N) is 1. The van der Waals surface area contributed by atoms with Gasteiger partial charge in [0.1, 0.15) is 0 Å². The molecule has 1 atom stereocenters. The van der Waals surface area contributed by atoms with Crippen molar-refractivity contribution in [2.45, 2.75) is 32.5 Å². The number of nitrogens with one attached hydrogen (secondary N) is 1. The van der Waals surface area contributed by atoms with E-state index in [1.54, 1.807) is 42.5 Å². The van der Waals surface area contributed by atoms with E-state index in [4.69, 9.17) is 20.8 Å². The van der Waals surface area contributed by atoms with E-state index in [2.05, 4.69) is 5.32 Å². The van der Waals surface area contributed by atoms with Crippen LogP contribution in [0.25, 0.3) is 11.1 Å². The molecule has 28 heavy (non-hydrogen) atoms. The van der Waals surface area contributed by atoms with Gasteiger partial charge in [-0.3, -0.25) is 14.2 Å². The Hall–Kier alpha value is -3.06. The zero-order valence-corrected chi connectivity index (χ0v) is 15.9. The number of carbonyl (C=O) groups excluding carboxylic acids is 2. The number of oxazole rings is 1. The van der Waals surface area contributed by atoms with Gasteiger partial charge >= 0.3 is 11.7 Å². The van der Waals surface area contributed by atoms with Gasteiger partial charge in [0.2, 0.25) is 0 Å². The number of amides is 1. The number of aryl methyl sites for hydroxylation is 1. The number of rotatable bonds is 7. The molecule has 0 aliphatic rings. The number of para-hydroxylation sites is 2. The molecule has 1 N–H and O–H groups in total. The van der Waals surface area contributed by atoms with Crippen molar-refractivity contribution in [3.8, 4) is 0 Å². The number of halogens is 1. The Morgan fingerprint density at radius 2 is 1.89 bits per heavy atom. The smallest absolute Gasteiger partial charge is 0.419 e. The van der Waals surface area contributed by atoms with E-state index in [1.165, 1.54) is 11.5 Å². The van der Waals surface area contributed by atoms with Crippen LogP contribution >= 0.6 is 11.6 Å². The summed E-state index contributed by atoms with van der Waals surface area (Å²) in [5, 5.41) is 3.22. The van der Waals surface area contributed by atoms with Crippen LogP contribution in [0.2, 0.25) is 5.02 Å². The molecule has 0 spiro atoms. The summed E-state index contributed by atoms with van der Waals surface area (Å²) in [6, 6.07) is 14.1. The van der Waals surface area contributed by atoms with E-state index >= 15 is 0 Å². The van der Waals surface area contributed by atoms with Crippen LogP contribution in [0.15, 0.2) is 57.7 Å². The Morgan fingerprint density at radius 3 is 2.68 bits per heavy atom. The standard InChI is InChI=1S/C20H19ClN2O5/c1-13(19(25)22-12-14-6-2-3-7-15(14)21)27-18(24)10-11-23-16-8-4-5-9-17(16)28-20(23)26/h2-9,13H,10-12H2,1H3,(H,22,25)/t13-/m1/s1. The molecule has 0 saturated heterocycles. The topological polar surface area (TPSA) is 90.5 Å². The van der Waals surface area contributed by atoms with Crippen LogP contribution in [0.4, 0.5) is 0 Å². The van der Waals surface area contributed by atoms with Gasteiger partial charge in [-0.15, -0.1) is 0 Å². The molecule has 2 aromatic carbocycles. The molecular weight excluding hydrogens is 384 g/mol. The lowest BCUT2D eigenvalue weighted by Crippen LogP contribution is -2.35. The maximum Gasteiger partial charge on any atom is 0.419 e. The molecule has 0 bridgehead atoms. The lowest BCUT2D eigenvalue weighted by Gasteiger charge is -2.14. The third-order valence-corrected chi connectivity index (χ3v) is 4.57. The largest absolute Gasteiger partial charge is 0.452 e. The molecule has 8 heteroatoms. The summed E-state index contributed by atoms with van der Waals surface area (Å²) in [4.78, 5) is 36.1. The van der Waals surface area contributed by atoms with Crippen LogP contribution in [-0.4, -0.2) is 22.5 Å². The summed E-state index contributed by atoms with van der Waals surface area (Å²) >= 11 is 6.04. The zero-order valence-electron chi connectivity index (χ0n) is 15.2. The molecule has 0 unspecified atom stereocenters. The van der Waals surface area contributed by atoms with Crippen LogP contribution in [0.3, 0.4) is 0 Å². The Labute approximate surface area is 165 Å². The Morgan fingerprint density at radius 1 is 1.18 bits per heavy atom. The van der Waals surface area contributed by atoms with Crippen molar-refractivity contribution in [3.05, 3.63) is 69.7 Å². The molecule has 0 fully saturated rings. The van der Waals surface area contributed by atoms with Gasteiger partial charge in [0.05, 0.1) is 11.9 Å². The first-order valence-electron chi connectivity index (χ1n) is 8.74. The van der Waals surface area contributed by atoms with E-state index in [-0.39, 0.29) is 19.5 Å². The van der Waals surface area contributed by atoms with Crippen molar-refractivity contribution in [3.63, 3.8) is 0 Å². The first-order chi connectivity index (χ1) is 13.5. The van der Waals surface area contributed by atoms with Gasteiger partial charge < -0.3 is 14.5 Å². The van der Waals surface area contributed by atoms with Crippen molar-refractivity contribution in [2.24, 2.45) is 0 Å². The van der Waals surface area contributed by atoms with Gasteiger partial charge in [-0.1, -0.05) is 41.9 Å². The first kappa shape index (κ1) is 19.7. The van der Waals surface area contributed by atoms with Gasteiger partial charge in [0.15, 0.2) is 11.7 Å². The molecule has 0 radical (unpaired) electrons. The fourth-order valence-corrected chi connectivity index (χ4v) is 2.91. The number of ether oxygens (including phenoxy) is 1. The molecule has 0 aliphatic heterocycles. The average molecular weight is 403 g/mol. The second-order valence-electron chi connectivity index (χ2n) is 6.18. The highest BCUT2D eigenvalue weighted by atomic mass is 35.5. The molecule has 7 nitrogen and oxygen atoms in total. The number of aromatic nitrogens is 1. The number of benzene rings is 2. The second-order valence-corrected chi connectivity index (χ2v) is 6.59. The van der Waals surface area contributed by atoms with Crippen molar-refractivity contribution in [1.29, 1.82) is 0 Å². The highest BCUT2D eigenvalue weighted by Crippen LogP contribution is 2.15. The first-order valence-corrected chi connectivity index (χ1v) is 9.12. The number of fused-ring (bicyclic) bond motifs is 1. The Bertz CT molecular complexity index is 1060. The van der Waals surface area contributed by atoms with E-state index < -0.39 is 23.7 Å². The molecule has 3 rings (SSSR count). The van der Waals surface area contributed by atoms with E-state index in [0.717, 1.165) is 5.56 Å². The lowest BCUT2D eigenvalue weighted by atomic mass is 10.2. The summed E-state index contributed by atoms with van der Waals surface area (Å²) in [5.41, 5.74) is 1.82. The number of hydrogen-bond donors (Lipinski definition) is 1. The molecule has 1 heterocycles. The van der Waals surface area contributed by atoms with Crippen LogP contribution < -0.4 is 11.1 Å². The summed E-state index contributed by atoms with van der Waals surface area (Å²) < 4.78 is 11.6. The number of esters is 1. The zero-order chi connectivity index (χ0) is 20.1. The highest BCUT2D eigenvalue weighted by Gasteiger charge is 2.18. The Kier molecular flexibility index (Phi) is 6.16. The number of carbonyl (C=O) groups is 2. The third kappa shape index (κ3) is 4.61. The molecule has 0 aliphatic carbocycles. The monoisotopic (exact) mass is 402 g/mol. The molecule has 146 valence electrons. The molecular formula is C20H19ClN2O5. The highest BCUT2D eigenvalue weighted by molar-refractivity contribution is 6.31. The SMILES string of the molecule is C[C@@H](OC(=O)CCn1c(=O)oc2ccccc21)C(=O)NCc1ccccc1Cl. The number of hydrogen-bond acceptors (Lipinski definition) is 5. The van der Waals surface area contributed by atoms with Crippen molar-refractivity contribution >= 4 is 34.6 Å². The van der Waals surface area contributed by atoms with Gasteiger partial charge in [-0.05, 0) is 30.7 Å². The van der Waals surface area contributed by atoms with Gasteiger partial charge in [0, 0.05) is 18.1 Å². The fraction of sp³-hybridized carbons (Fsp3) is 0.250. The van der Waals surface area contributed by atoms with Crippen LogP contribution in [0.5, 0.6) is 0 Å². The van der Waals surface area contributed by atoms with Gasteiger partial charge in [-0.25, -0.2) is 4.79 Å². The third-order valence-electron chi connectivity index (χ3n) is 4.20. The van der Waals surface area contributed by atoms with E-state index in [9.17, 15) is 14.4 Å². The summed E-state index contributed by atoms with van der Waals surface area (Å²) in [5.74, 6) is -1.56. The average Bonchev–Trinajstić information content (AvgIpc) is 3.00. The normalized spacial score (nSPS) is 11.9. The molecule has 1 aromatic heterocycles. The minimum absolute atomic E-state index is 0.0639. The maximum atomic E-state index is 12.1. The van der Waals surface area contributed by atoms with Crippen molar-refractivity contribution < 1.29 is 18.7 Å². The van der Waals surface area contributed by atoms with Gasteiger partial charge in [-0.2, -0.15) is 0 Å². The summed E-state index contributed by atoms with van der Waals surface area (Å²) in [7, 11) is 0. The van der Waals surface area contributed by atoms with Crippen molar-refractivity contribution in [1.82, 2.24) is 9.88 Å². The predicted octanol–water partition coefficient (Wildman–Crippen LogP) is 2.89. The Balaban J connectivity index is 1.51. The second kappa shape index (κ2) is 8.75. The van der Waals surface area contributed by atoms with Crippen LogP contribution in [0, 0.1) is 0 Å². The lowest BCUT2D eigenvalue weighted by molar-refractivity contribution is -0.155. The maximum absolute atomic E-state index is 12.1. The van der Waals surface area contributed by atoms with E-state index in [0.29, 0.717) is 16.1 Å². The van der Waals surface area contributed by atoms with Crippen LogP contribution in [-0.2, 0) is 27.4 Å². The molecule has 1 amide bonds. The molecule has 0 saturated carbocycles. The fourth-order valence-electron chi connectivity index (χ4n) is 2.71. The van der Waals surface area contributed by atoms with Crippen molar-refractivity contribution in [2.75, 3.05) is 0 Å². The quantitative estimate of drug-likeness (QED) is 0.613. The summed E-state index contributed by atoms with van der Waals surface area (Å²) in [6.07, 6.45) is -1.03. The van der Waals surface area contributed by atoms with Crippen LogP contribution in [0.1, 0.15) is 18.9 Å². The minimum atomic E-state index is -0.965. The van der Waals surface area contributed by atoms with Gasteiger partial charge in [0.25, 0.3) is 5.91 Å². The molecule has 3 aromatic rings. The minimum Gasteiger partial charge on any atom is -0.452 e. The predicted molar refractivity (Wildman–Crippen MR) is 104 cm³/mol. The summed E-state index contributed by atoms with van der Waals surface area (Å²) in [6.45, 7) is 1.82.